The second kappa shape index (κ2) is 12.1. The molecule has 0 N–H and O–H groups in total. The van der Waals surface area contributed by atoms with Crippen molar-refractivity contribution in [1.29, 1.82) is 0 Å². The van der Waals surface area contributed by atoms with Crippen LogP contribution < -0.4 is 0 Å². The van der Waals surface area contributed by atoms with E-state index in [1.54, 1.807) is 0 Å². The van der Waals surface area contributed by atoms with Gasteiger partial charge >= 0.3 is 0 Å². The van der Waals surface area contributed by atoms with Crippen LogP contribution >= 0.6 is 0 Å². The summed E-state index contributed by atoms with van der Waals surface area (Å²) in [5.41, 5.74) is 1.17. The van der Waals surface area contributed by atoms with Crippen molar-refractivity contribution in [2.24, 2.45) is 5.92 Å². The van der Waals surface area contributed by atoms with E-state index in [-0.39, 0.29) is 32.7 Å². The fourth-order valence-corrected chi connectivity index (χ4v) is 0.733. The molecule has 0 fully saturated rings. The first-order chi connectivity index (χ1) is 6.74. The zero-order chi connectivity index (χ0) is 10.8. The molecule has 0 saturated heterocycles. The van der Waals surface area contributed by atoms with Crippen molar-refractivity contribution in [1.82, 2.24) is 0 Å². The second-order valence-corrected chi connectivity index (χ2v) is 3.30. The normalized spacial score (nSPS) is 8.53. The first-order valence-corrected chi connectivity index (χ1v) is 5.00. The van der Waals surface area contributed by atoms with Crippen molar-refractivity contribution in [3.63, 3.8) is 0 Å². The van der Waals surface area contributed by atoms with Crippen LogP contribution in [0.15, 0.2) is 36.9 Å². The Morgan fingerprint density at radius 3 is 1.87 bits per heavy atom. The minimum Gasteiger partial charge on any atom is -0.343 e. The van der Waals surface area contributed by atoms with Gasteiger partial charge in [-0.15, -0.1) is 0 Å². The molecule has 81 valence electrons. The van der Waals surface area contributed by atoms with Crippen molar-refractivity contribution in [2.75, 3.05) is 0 Å². The van der Waals surface area contributed by atoms with Crippen molar-refractivity contribution in [2.45, 2.75) is 19.8 Å². The zero-order valence-corrected chi connectivity index (χ0v) is 12.5. The van der Waals surface area contributed by atoms with Crippen LogP contribution in [-0.2, 0) is 32.7 Å². The minimum atomic E-state index is 0. The van der Waals surface area contributed by atoms with E-state index >= 15 is 0 Å². The molecule has 1 radical (unpaired) electrons. The fourth-order valence-electron chi connectivity index (χ4n) is 0.733. The van der Waals surface area contributed by atoms with Crippen LogP contribution in [0, 0.1) is 19.8 Å². The van der Waals surface area contributed by atoms with Crippen LogP contribution in [-0.4, -0.2) is 0 Å². The summed E-state index contributed by atoms with van der Waals surface area (Å²) >= 11 is 0. The summed E-state index contributed by atoms with van der Waals surface area (Å²) in [5, 5.41) is 0. The van der Waals surface area contributed by atoms with Gasteiger partial charge in [-0.3, -0.25) is 0 Å². The topological polar surface area (TPSA) is 0 Å². The molecule has 1 heteroatoms. The molecule has 0 saturated carbocycles. The maximum absolute atomic E-state index is 3.72. The largest absolute Gasteiger partial charge is 0.343 e. The molecule has 1 aromatic carbocycles. The second-order valence-electron chi connectivity index (χ2n) is 3.30. The van der Waals surface area contributed by atoms with Gasteiger partial charge in [0.05, 0.1) is 0 Å². The van der Waals surface area contributed by atoms with Gasteiger partial charge in [0.1, 0.15) is 0 Å². The third-order valence-electron chi connectivity index (χ3n) is 2.02. The molecule has 0 aliphatic carbocycles. The predicted octanol–water partition coefficient (Wildman–Crippen LogP) is 4.40. The standard InChI is InChI=1S/C8H8.C6H12.Y/c1-2-8-6-4-3-5-7-8;1-4-6(3)5-2;/h2-7H,1H2;6H,1-2,4-5H2,3H3;/q;-2;. The van der Waals surface area contributed by atoms with Gasteiger partial charge in [-0.05, 0) is 5.56 Å². The first kappa shape index (κ1) is 17.5. The Hall–Kier alpha value is 0.0639. The van der Waals surface area contributed by atoms with Gasteiger partial charge < -0.3 is 13.8 Å². The number of benzene rings is 1. The van der Waals surface area contributed by atoms with Crippen molar-refractivity contribution < 1.29 is 32.7 Å². The molecule has 1 aromatic rings. The van der Waals surface area contributed by atoms with E-state index < -0.39 is 0 Å². The smallest absolute Gasteiger partial charge is 0 e. The number of hydrogen-bond donors (Lipinski definition) is 0. The maximum Gasteiger partial charge on any atom is 0 e. The quantitative estimate of drug-likeness (QED) is 0.718. The summed E-state index contributed by atoms with van der Waals surface area (Å²) in [5.74, 6) is 0.713. The molecule has 15 heavy (non-hydrogen) atoms. The van der Waals surface area contributed by atoms with E-state index in [4.69, 9.17) is 0 Å². The first-order valence-electron chi connectivity index (χ1n) is 5.00. The monoisotopic (exact) mass is 277 g/mol. The molecule has 0 amide bonds. The van der Waals surface area contributed by atoms with Gasteiger partial charge in [0.2, 0.25) is 0 Å². The molecule has 0 atom stereocenters. The van der Waals surface area contributed by atoms with Crippen LogP contribution in [0.3, 0.4) is 0 Å². The Labute approximate surface area is 120 Å². The van der Waals surface area contributed by atoms with Gasteiger partial charge in [0, 0.05) is 32.7 Å². The van der Waals surface area contributed by atoms with Crippen molar-refractivity contribution >= 4 is 6.08 Å². The Bertz CT molecular complexity index is 224. The van der Waals surface area contributed by atoms with E-state index in [9.17, 15) is 0 Å². The molecule has 0 aliphatic rings. The van der Waals surface area contributed by atoms with E-state index in [1.165, 1.54) is 5.56 Å². The van der Waals surface area contributed by atoms with Crippen molar-refractivity contribution in [3.8, 4) is 0 Å². The predicted molar refractivity (Wildman–Crippen MR) is 65.6 cm³/mol. The van der Waals surface area contributed by atoms with Crippen LogP contribution in [0.1, 0.15) is 25.3 Å². The number of rotatable bonds is 3. The van der Waals surface area contributed by atoms with E-state index in [0.29, 0.717) is 5.92 Å². The summed E-state index contributed by atoms with van der Waals surface area (Å²) in [7, 11) is 0. The van der Waals surface area contributed by atoms with Gasteiger partial charge in [-0.2, -0.15) is 12.8 Å². The SMILES string of the molecule is C=Cc1ccccc1.[CH2-]CC(C)C[CH2-].[Y]. The summed E-state index contributed by atoms with van der Waals surface area (Å²) < 4.78 is 0. The summed E-state index contributed by atoms with van der Waals surface area (Å²) in [6.07, 6.45) is 3.87. The molecule has 0 aromatic heterocycles. The Balaban J connectivity index is 0. The van der Waals surface area contributed by atoms with Crippen LogP contribution in [0.2, 0.25) is 0 Å². The summed E-state index contributed by atoms with van der Waals surface area (Å²) in [4.78, 5) is 0. The van der Waals surface area contributed by atoms with Crippen LogP contribution in [0.5, 0.6) is 0 Å². The zero-order valence-electron chi connectivity index (χ0n) is 9.65. The summed E-state index contributed by atoms with van der Waals surface area (Å²) in [6.45, 7) is 13.2. The average molecular weight is 277 g/mol. The summed E-state index contributed by atoms with van der Waals surface area (Å²) in [6, 6.07) is 10.0. The molecule has 0 heterocycles. The Kier molecular flexibility index (Phi) is 14.1. The maximum atomic E-state index is 3.72. The van der Waals surface area contributed by atoms with E-state index in [1.807, 2.05) is 36.4 Å². The minimum absolute atomic E-state index is 0. The van der Waals surface area contributed by atoms with Gasteiger partial charge in [0.15, 0.2) is 0 Å². The molecule has 0 bridgehead atoms. The van der Waals surface area contributed by atoms with Crippen LogP contribution in [0.4, 0.5) is 0 Å². The molecular weight excluding hydrogens is 257 g/mol. The average Bonchev–Trinajstić information content (AvgIpc) is 2.30. The number of hydrogen-bond acceptors (Lipinski definition) is 0. The van der Waals surface area contributed by atoms with Crippen LogP contribution in [0.25, 0.3) is 6.08 Å². The molecular formula is C14H20Y-2. The molecule has 0 nitrogen and oxygen atoms in total. The van der Waals surface area contributed by atoms with Gasteiger partial charge in [0.25, 0.3) is 0 Å². The Morgan fingerprint density at radius 1 is 1.20 bits per heavy atom. The Morgan fingerprint density at radius 2 is 1.67 bits per heavy atom. The molecule has 0 spiro atoms. The molecule has 0 unspecified atom stereocenters. The third-order valence-corrected chi connectivity index (χ3v) is 2.02. The van der Waals surface area contributed by atoms with Gasteiger partial charge in [-0.25, -0.2) is 0 Å². The molecule has 0 aliphatic heterocycles. The molecule has 1 rings (SSSR count). The van der Waals surface area contributed by atoms with Gasteiger partial charge in [-0.1, -0.05) is 55.8 Å². The van der Waals surface area contributed by atoms with E-state index in [0.717, 1.165) is 12.8 Å². The van der Waals surface area contributed by atoms with Crippen molar-refractivity contribution in [3.05, 3.63) is 56.3 Å². The fraction of sp³-hybridized carbons (Fsp3) is 0.286. The third kappa shape index (κ3) is 10.3. The van der Waals surface area contributed by atoms with E-state index in [2.05, 4.69) is 27.4 Å².